The minimum atomic E-state index is -0.403. The van der Waals surface area contributed by atoms with Gasteiger partial charge in [0.2, 0.25) is 0 Å². The fraction of sp³-hybridized carbons (Fsp3) is 0.360. The second-order valence-electron chi connectivity index (χ2n) is 8.42. The highest BCUT2D eigenvalue weighted by molar-refractivity contribution is 6.46. The van der Waals surface area contributed by atoms with Gasteiger partial charge in [-0.25, -0.2) is 4.90 Å². The Hall–Kier alpha value is -2.83. The maximum absolute atomic E-state index is 13.8. The Balaban J connectivity index is 1.87. The van der Waals surface area contributed by atoms with E-state index >= 15 is 0 Å². The quantitative estimate of drug-likeness (QED) is 0.692. The van der Waals surface area contributed by atoms with Crippen molar-refractivity contribution in [3.8, 4) is 5.75 Å². The highest BCUT2D eigenvalue weighted by Crippen LogP contribution is 2.40. The number of aryl methyl sites for hydroxylation is 2. The summed E-state index contributed by atoms with van der Waals surface area (Å²) in [5.74, 6) is -0.346. The average Bonchev–Trinajstić information content (AvgIpc) is 3.05. The van der Waals surface area contributed by atoms with Crippen molar-refractivity contribution in [2.75, 3.05) is 31.7 Å². The monoisotopic (exact) mass is 454 g/mol. The standard InChI is InChI=1S/C25H27ClN2O4/c1-15-6-7-18(11-16(15)2)22-23(27-10-4-5-17(13-27)14-29)25(31)28(24(22)30)20-12-19(26)8-9-21(20)32-3/h6-9,11-12,17,29H,4-5,10,13-14H2,1-3H3. The molecule has 2 aromatic carbocycles. The average molecular weight is 455 g/mol. The molecule has 1 unspecified atom stereocenters. The minimum absolute atomic E-state index is 0.0523. The van der Waals surface area contributed by atoms with E-state index < -0.39 is 11.8 Å². The van der Waals surface area contributed by atoms with E-state index in [9.17, 15) is 14.7 Å². The van der Waals surface area contributed by atoms with E-state index in [4.69, 9.17) is 16.3 Å². The number of halogens is 1. The summed E-state index contributed by atoms with van der Waals surface area (Å²) in [5, 5.41) is 10.1. The predicted octanol–water partition coefficient (Wildman–Crippen LogP) is 3.95. The van der Waals surface area contributed by atoms with E-state index in [1.165, 1.54) is 7.11 Å². The van der Waals surface area contributed by atoms with Crippen LogP contribution in [-0.2, 0) is 9.59 Å². The van der Waals surface area contributed by atoms with Gasteiger partial charge in [0.1, 0.15) is 11.4 Å². The van der Waals surface area contributed by atoms with Gasteiger partial charge in [0, 0.05) is 24.7 Å². The fourth-order valence-electron chi connectivity index (χ4n) is 4.44. The van der Waals surface area contributed by atoms with Gasteiger partial charge in [-0.3, -0.25) is 9.59 Å². The third-order valence-corrected chi connectivity index (χ3v) is 6.57. The first-order valence-electron chi connectivity index (χ1n) is 10.8. The van der Waals surface area contributed by atoms with Crippen molar-refractivity contribution in [2.24, 2.45) is 5.92 Å². The molecule has 1 N–H and O–H groups in total. The molecular formula is C25H27ClN2O4. The van der Waals surface area contributed by atoms with Crippen LogP contribution in [0.2, 0.25) is 5.02 Å². The Labute approximate surface area is 193 Å². The number of hydrogen-bond acceptors (Lipinski definition) is 5. The Morgan fingerprint density at radius 2 is 1.88 bits per heavy atom. The molecule has 2 aliphatic rings. The third-order valence-electron chi connectivity index (χ3n) is 6.33. The number of carbonyl (C=O) groups excluding carboxylic acids is 2. The van der Waals surface area contributed by atoms with Crippen molar-refractivity contribution < 1.29 is 19.4 Å². The highest BCUT2D eigenvalue weighted by Gasteiger charge is 2.44. The molecule has 2 amide bonds. The molecule has 0 bridgehead atoms. The second kappa shape index (κ2) is 8.96. The van der Waals surface area contributed by atoms with Crippen LogP contribution in [0, 0.1) is 19.8 Å². The molecule has 1 fully saturated rings. The lowest BCUT2D eigenvalue weighted by atomic mass is 9.96. The maximum Gasteiger partial charge on any atom is 0.282 e. The molecule has 0 spiro atoms. The van der Waals surface area contributed by atoms with Crippen LogP contribution in [0.5, 0.6) is 5.75 Å². The second-order valence-corrected chi connectivity index (χ2v) is 8.86. The lowest BCUT2D eigenvalue weighted by molar-refractivity contribution is -0.120. The molecule has 32 heavy (non-hydrogen) atoms. The Kier molecular flexibility index (Phi) is 6.26. The Morgan fingerprint density at radius 1 is 1.09 bits per heavy atom. The number of rotatable bonds is 5. The number of ether oxygens (including phenoxy) is 1. The van der Waals surface area contributed by atoms with Gasteiger partial charge in [0.05, 0.1) is 18.4 Å². The summed E-state index contributed by atoms with van der Waals surface area (Å²) in [4.78, 5) is 30.6. The van der Waals surface area contributed by atoms with E-state index in [1.807, 2.05) is 36.9 Å². The van der Waals surface area contributed by atoms with Crippen LogP contribution in [0.3, 0.4) is 0 Å². The first kappa shape index (κ1) is 22.4. The largest absolute Gasteiger partial charge is 0.495 e. The van der Waals surface area contributed by atoms with Crippen LogP contribution in [0.4, 0.5) is 5.69 Å². The molecule has 0 aliphatic carbocycles. The minimum Gasteiger partial charge on any atom is -0.495 e. The number of benzene rings is 2. The van der Waals surface area contributed by atoms with Crippen molar-refractivity contribution in [1.82, 2.24) is 4.90 Å². The van der Waals surface area contributed by atoms with Crippen LogP contribution >= 0.6 is 11.6 Å². The number of aliphatic hydroxyl groups is 1. The van der Waals surface area contributed by atoms with Gasteiger partial charge >= 0.3 is 0 Å². The smallest absolute Gasteiger partial charge is 0.282 e. The van der Waals surface area contributed by atoms with E-state index in [2.05, 4.69) is 0 Å². The summed E-state index contributed by atoms with van der Waals surface area (Å²) >= 11 is 6.21. The van der Waals surface area contributed by atoms with E-state index in [0.29, 0.717) is 46.4 Å². The van der Waals surface area contributed by atoms with Gasteiger partial charge < -0.3 is 14.7 Å². The number of hydrogen-bond donors (Lipinski definition) is 1. The first-order chi connectivity index (χ1) is 15.3. The number of aliphatic hydroxyl groups excluding tert-OH is 1. The number of anilines is 1. The Morgan fingerprint density at radius 3 is 2.56 bits per heavy atom. The molecule has 2 aromatic rings. The van der Waals surface area contributed by atoms with Gasteiger partial charge in [-0.05, 0) is 67.5 Å². The van der Waals surface area contributed by atoms with Gasteiger partial charge in [0.25, 0.3) is 11.8 Å². The van der Waals surface area contributed by atoms with Crippen LogP contribution in [0.15, 0.2) is 42.1 Å². The summed E-state index contributed by atoms with van der Waals surface area (Å²) < 4.78 is 5.43. The topological polar surface area (TPSA) is 70.1 Å². The fourth-order valence-corrected chi connectivity index (χ4v) is 4.61. The summed E-state index contributed by atoms with van der Waals surface area (Å²) in [6.45, 7) is 5.23. The SMILES string of the molecule is COc1ccc(Cl)cc1N1C(=O)C(c2ccc(C)c(C)c2)=C(N2CCCC(CO)C2)C1=O. The number of amides is 2. The Bertz CT molecular complexity index is 1110. The normalized spacial score (nSPS) is 19.2. The maximum atomic E-state index is 13.8. The summed E-state index contributed by atoms with van der Waals surface area (Å²) in [6.07, 6.45) is 1.74. The van der Waals surface area contributed by atoms with Gasteiger partial charge in [-0.2, -0.15) is 0 Å². The molecule has 1 saturated heterocycles. The predicted molar refractivity (Wildman–Crippen MR) is 125 cm³/mol. The van der Waals surface area contributed by atoms with Gasteiger partial charge in [-0.15, -0.1) is 0 Å². The number of likely N-dealkylation sites (tertiary alicyclic amines) is 1. The van der Waals surface area contributed by atoms with Crippen molar-refractivity contribution in [3.63, 3.8) is 0 Å². The summed E-state index contributed by atoms with van der Waals surface area (Å²) in [7, 11) is 1.49. The highest BCUT2D eigenvalue weighted by atomic mass is 35.5. The molecule has 4 rings (SSSR count). The van der Waals surface area contributed by atoms with Crippen LogP contribution in [0.1, 0.15) is 29.5 Å². The van der Waals surface area contributed by atoms with Gasteiger partial charge in [-0.1, -0.05) is 29.8 Å². The number of carbonyl (C=O) groups is 2. The summed E-state index contributed by atoms with van der Waals surface area (Å²) in [5.41, 5.74) is 3.93. The molecule has 6 nitrogen and oxygen atoms in total. The first-order valence-corrected chi connectivity index (χ1v) is 11.1. The number of piperidine rings is 1. The molecule has 168 valence electrons. The molecule has 2 aliphatic heterocycles. The number of imide groups is 1. The molecular weight excluding hydrogens is 428 g/mol. The number of methoxy groups -OCH3 is 1. The molecule has 0 radical (unpaired) electrons. The van der Waals surface area contributed by atoms with Crippen LogP contribution in [0.25, 0.3) is 5.57 Å². The zero-order valence-corrected chi connectivity index (χ0v) is 19.3. The molecule has 1 atom stereocenters. The molecule has 0 aromatic heterocycles. The van der Waals surface area contributed by atoms with E-state index in [-0.39, 0.29) is 12.5 Å². The lowest BCUT2D eigenvalue weighted by Crippen LogP contribution is -2.40. The van der Waals surface area contributed by atoms with Crippen LogP contribution in [-0.4, -0.2) is 48.6 Å². The zero-order chi connectivity index (χ0) is 23.0. The van der Waals surface area contributed by atoms with Crippen LogP contribution < -0.4 is 9.64 Å². The molecule has 7 heteroatoms. The molecule has 0 saturated carbocycles. The van der Waals surface area contributed by atoms with E-state index in [0.717, 1.165) is 28.9 Å². The summed E-state index contributed by atoms with van der Waals surface area (Å²) in [6, 6.07) is 10.7. The van der Waals surface area contributed by atoms with Crippen molar-refractivity contribution >= 4 is 34.7 Å². The zero-order valence-electron chi connectivity index (χ0n) is 18.5. The number of nitrogens with zero attached hydrogens (tertiary/aromatic N) is 2. The molecule has 2 heterocycles. The van der Waals surface area contributed by atoms with Crippen molar-refractivity contribution in [1.29, 1.82) is 0 Å². The van der Waals surface area contributed by atoms with E-state index in [1.54, 1.807) is 18.2 Å². The third kappa shape index (κ3) is 3.89. The lowest BCUT2D eigenvalue weighted by Gasteiger charge is -2.34. The van der Waals surface area contributed by atoms with Crippen molar-refractivity contribution in [2.45, 2.75) is 26.7 Å². The van der Waals surface area contributed by atoms with Crippen molar-refractivity contribution in [3.05, 3.63) is 63.8 Å². The van der Waals surface area contributed by atoms with Gasteiger partial charge in [0.15, 0.2) is 0 Å².